The van der Waals surface area contributed by atoms with Crippen molar-refractivity contribution in [1.29, 1.82) is 5.26 Å². The molecule has 0 atom stereocenters. The van der Waals surface area contributed by atoms with Crippen LogP contribution >= 0.6 is 0 Å². The minimum absolute atomic E-state index is 0.0411. The second-order valence-electron chi connectivity index (χ2n) is 4.80. The monoisotopic (exact) mass is 311 g/mol. The van der Waals surface area contributed by atoms with Crippen LogP contribution in [0.4, 0.5) is 5.69 Å². The predicted molar refractivity (Wildman–Crippen MR) is 77.4 cm³/mol. The second-order valence-corrected chi connectivity index (χ2v) is 6.79. The highest BCUT2D eigenvalue weighted by molar-refractivity contribution is 7.89. The van der Waals surface area contributed by atoms with Crippen molar-refractivity contribution in [2.45, 2.75) is 32.1 Å². The van der Waals surface area contributed by atoms with Crippen molar-refractivity contribution in [3.05, 3.63) is 32.9 Å². The molecule has 21 heavy (non-hydrogen) atoms. The highest BCUT2D eigenvalue weighted by atomic mass is 32.2. The van der Waals surface area contributed by atoms with E-state index < -0.39 is 14.9 Å². The maximum atomic E-state index is 12.6. The number of aryl methyl sites for hydroxylation is 2. The molecule has 0 unspecified atom stereocenters. The van der Waals surface area contributed by atoms with Crippen molar-refractivity contribution < 1.29 is 13.3 Å². The first kappa shape index (κ1) is 17.1. The summed E-state index contributed by atoms with van der Waals surface area (Å²) in [5.74, 6) is 0. The van der Waals surface area contributed by atoms with Crippen LogP contribution in [0.1, 0.15) is 23.1 Å². The summed E-state index contributed by atoms with van der Waals surface area (Å²) in [5.41, 5.74) is 0.821. The first-order valence-corrected chi connectivity index (χ1v) is 7.67. The molecule has 0 aliphatic carbocycles. The largest absolute Gasteiger partial charge is 0.276 e. The molecule has 0 bridgehead atoms. The van der Waals surface area contributed by atoms with Crippen molar-refractivity contribution in [1.82, 2.24) is 4.31 Å². The van der Waals surface area contributed by atoms with E-state index >= 15 is 0 Å². The van der Waals surface area contributed by atoms with Gasteiger partial charge in [-0.1, -0.05) is 0 Å². The molecular formula is C13H17N3O4S. The number of hydrogen-bond acceptors (Lipinski definition) is 5. The molecule has 0 fully saturated rings. The number of hydrogen-bond donors (Lipinski definition) is 0. The van der Waals surface area contributed by atoms with Crippen LogP contribution in [0.5, 0.6) is 0 Å². The van der Waals surface area contributed by atoms with E-state index in [-0.39, 0.29) is 29.1 Å². The smallest absolute Gasteiger partial charge is 0.258 e. The number of nitro groups is 1. The number of benzene rings is 1. The van der Waals surface area contributed by atoms with Crippen molar-refractivity contribution in [2.75, 3.05) is 13.6 Å². The Kier molecular flexibility index (Phi) is 5.04. The molecule has 0 amide bonds. The molecule has 1 rings (SSSR count). The molecule has 114 valence electrons. The summed E-state index contributed by atoms with van der Waals surface area (Å²) in [6, 6.07) is 3.37. The molecule has 0 aliphatic rings. The number of sulfonamides is 1. The zero-order chi connectivity index (χ0) is 16.4. The van der Waals surface area contributed by atoms with Gasteiger partial charge in [-0.3, -0.25) is 10.1 Å². The summed E-state index contributed by atoms with van der Waals surface area (Å²) >= 11 is 0. The van der Waals surface area contributed by atoms with Crippen LogP contribution in [0.25, 0.3) is 0 Å². The zero-order valence-corrected chi connectivity index (χ0v) is 13.2. The fourth-order valence-corrected chi connectivity index (χ4v) is 3.91. The number of rotatable bonds is 5. The Hall–Kier alpha value is -1.98. The summed E-state index contributed by atoms with van der Waals surface area (Å²) in [5, 5.41) is 19.7. The maximum Gasteiger partial charge on any atom is 0.276 e. The maximum absolute atomic E-state index is 12.6. The van der Waals surface area contributed by atoms with Gasteiger partial charge in [-0.15, -0.1) is 0 Å². The van der Waals surface area contributed by atoms with Gasteiger partial charge in [0.05, 0.1) is 15.9 Å². The highest BCUT2D eigenvalue weighted by Gasteiger charge is 2.30. The van der Waals surface area contributed by atoms with Gasteiger partial charge in [0.25, 0.3) is 5.69 Å². The average molecular weight is 311 g/mol. The van der Waals surface area contributed by atoms with Crippen LogP contribution in [0.2, 0.25) is 0 Å². The van der Waals surface area contributed by atoms with E-state index in [9.17, 15) is 18.5 Å². The molecule has 0 radical (unpaired) electrons. The highest BCUT2D eigenvalue weighted by Crippen LogP contribution is 2.33. The molecule has 0 aromatic heterocycles. The van der Waals surface area contributed by atoms with Crippen LogP contribution < -0.4 is 0 Å². The summed E-state index contributed by atoms with van der Waals surface area (Å²) < 4.78 is 26.2. The lowest BCUT2D eigenvalue weighted by atomic mass is 10.1. The van der Waals surface area contributed by atoms with E-state index in [0.717, 1.165) is 4.31 Å². The van der Waals surface area contributed by atoms with Crippen molar-refractivity contribution >= 4 is 15.7 Å². The van der Waals surface area contributed by atoms with Gasteiger partial charge in [-0.25, -0.2) is 8.42 Å². The Morgan fingerprint density at radius 1 is 1.33 bits per heavy atom. The minimum Gasteiger partial charge on any atom is -0.258 e. The first-order valence-electron chi connectivity index (χ1n) is 6.23. The molecule has 0 heterocycles. The van der Waals surface area contributed by atoms with Gasteiger partial charge in [0.1, 0.15) is 0 Å². The topological polar surface area (TPSA) is 104 Å². The molecule has 0 saturated heterocycles. The Balaban J connectivity index is 3.54. The second kappa shape index (κ2) is 6.20. The molecule has 1 aromatic rings. The van der Waals surface area contributed by atoms with E-state index in [2.05, 4.69) is 0 Å². The van der Waals surface area contributed by atoms with Crippen molar-refractivity contribution in [2.24, 2.45) is 0 Å². The minimum atomic E-state index is -3.87. The molecule has 8 heteroatoms. The van der Waals surface area contributed by atoms with Crippen LogP contribution in [0.3, 0.4) is 0 Å². The third-order valence-corrected chi connectivity index (χ3v) is 5.40. The standard InChI is InChI=1S/C13H17N3O4S/c1-9-8-10(2)13(11(3)12(9)16(17)18)21(19,20)15(4)7-5-6-14/h8H,5,7H2,1-4H3. The van der Waals surface area contributed by atoms with Gasteiger partial charge in [-0.2, -0.15) is 9.57 Å². The molecule has 1 aromatic carbocycles. The van der Waals surface area contributed by atoms with Gasteiger partial charge in [0.2, 0.25) is 10.0 Å². The average Bonchev–Trinajstić information content (AvgIpc) is 2.33. The van der Waals surface area contributed by atoms with E-state index in [1.54, 1.807) is 13.8 Å². The van der Waals surface area contributed by atoms with E-state index in [1.165, 1.54) is 20.0 Å². The third-order valence-electron chi connectivity index (χ3n) is 3.25. The third kappa shape index (κ3) is 3.20. The van der Waals surface area contributed by atoms with Crippen molar-refractivity contribution in [3.8, 4) is 6.07 Å². The Bertz CT molecular complexity index is 720. The van der Waals surface area contributed by atoms with Gasteiger partial charge < -0.3 is 0 Å². The lowest BCUT2D eigenvalue weighted by Crippen LogP contribution is -2.29. The molecule has 7 nitrogen and oxygen atoms in total. The molecular weight excluding hydrogens is 294 g/mol. The molecule has 0 saturated carbocycles. The van der Waals surface area contributed by atoms with Crippen LogP contribution in [0, 0.1) is 42.2 Å². The predicted octanol–water partition coefficient (Wildman–Crippen LogP) is 2.05. The number of nitro benzene ring substituents is 1. The fraction of sp³-hybridized carbons (Fsp3) is 0.462. The number of nitriles is 1. The summed E-state index contributed by atoms with van der Waals surface area (Å²) in [7, 11) is -2.51. The Morgan fingerprint density at radius 2 is 1.90 bits per heavy atom. The van der Waals surface area contributed by atoms with Crippen LogP contribution in [-0.2, 0) is 10.0 Å². The zero-order valence-electron chi connectivity index (χ0n) is 12.4. The van der Waals surface area contributed by atoms with Gasteiger partial charge in [0.15, 0.2) is 0 Å². The summed E-state index contributed by atoms with van der Waals surface area (Å²) in [6.07, 6.45) is 0.0573. The summed E-state index contributed by atoms with van der Waals surface area (Å²) in [6.45, 7) is 4.66. The van der Waals surface area contributed by atoms with Crippen LogP contribution in [-0.4, -0.2) is 31.2 Å². The molecule has 0 aliphatic heterocycles. The lowest BCUT2D eigenvalue weighted by Gasteiger charge is -2.19. The van der Waals surface area contributed by atoms with E-state index in [0.29, 0.717) is 11.1 Å². The quantitative estimate of drug-likeness (QED) is 0.611. The number of nitrogens with zero attached hydrogens (tertiary/aromatic N) is 3. The Labute approximate surface area is 124 Å². The Morgan fingerprint density at radius 3 is 2.38 bits per heavy atom. The molecule has 0 N–H and O–H groups in total. The lowest BCUT2D eigenvalue weighted by molar-refractivity contribution is -0.386. The summed E-state index contributed by atoms with van der Waals surface area (Å²) in [4.78, 5) is 10.5. The van der Waals surface area contributed by atoms with E-state index in [4.69, 9.17) is 5.26 Å². The van der Waals surface area contributed by atoms with Crippen molar-refractivity contribution in [3.63, 3.8) is 0 Å². The SMILES string of the molecule is Cc1cc(C)c(S(=O)(=O)N(C)CCC#N)c(C)c1[N+](=O)[O-]. The molecule has 0 spiro atoms. The van der Waals surface area contributed by atoms with Gasteiger partial charge in [-0.05, 0) is 32.4 Å². The normalized spacial score (nSPS) is 11.4. The van der Waals surface area contributed by atoms with Crippen LogP contribution in [0.15, 0.2) is 11.0 Å². The fourth-order valence-electron chi connectivity index (χ4n) is 2.32. The van der Waals surface area contributed by atoms with Gasteiger partial charge >= 0.3 is 0 Å². The van der Waals surface area contributed by atoms with E-state index in [1.807, 2.05) is 6.07 Å². The van der Waals surface area contributed by atoms with Gasteiger partial charge in [0, 0.05) is 31.1 Å². The first-order chi connectivity index (χ1) is 9.64.